The van der Waals surface area contributed by atoms with Gasteiger partial charge in [-0.05, 0) is 72.6 Å². The van der Waals surface area contributed by atoms with Gasteiger partial charge in [0.1, 0.15) is 12.4 Å². The number of hydrogen-bond acceptors (Lipinski definition) is 6. The highest BCUT2D eigenvalue weighted by atomic mass is 32.2. The lowest BCUT2D eigenvalue weighted by molar-refractivity contribution is 0.269. The Bertz CT molecular complexity index is 1380. The molecule has 1 aromatic heterocycles. The second kappa shape index (κ2) is 11.3. The number of anilines is 1. The van der Waals surface area contributed by atoms with Gasteiger partial charge < -0.3 is 9.47 Å². The van der Waals surface area contributed by atoms with Crippen molar-refractivity contribution in [3.63, 3.8) is 0 Å². The van der Waals surface area contributed by atoms with Crippen molar-refractivity contribution in [1.29, 1.82) is 0 Å². The summed E-state index contributed by atoms with van der Waals surface area (Å²) in [5.74, 6) is 1.55. The Labute approximate surface area is 205 Å². The zero-order valence-corrected chi connectivity index (χ0v) is 20.0. The van der Waals surface area contributed by atoms with E-state index in [1.54, 1.807) is 36.5 Å². The van der Waals surface area contributed by atoms with Gasteiger partial charge in [-0.3, -0.25) is 9.71 Å². The van der Waals surface area contributed by atoms with Crippen molar-refractivity contribution >= 4 is 27.7 Å². The number of nitrogens with one attached hydrogen (secondary N) is 1. The third-order valence-corrected chi connectivity index (χ3v) is 6.29. The zero-order chi connectivity index (χ0) is 24.5. The average Bonchev–Trinajstić information content (AvgIpc) is 2.88. The van der Waals surface area contributed by atoms with Crippen LogP contribution < -0.4 is 14.2 Å². The number of benzene rings is 3. The molecule has 0 unspecified atom stereocenters. The molecule has 4 rings (SSSR count). The second-order valence-electron chi connectivity index (χ2n) is 7.49. The van der Waals surface area contributed by atoms with Gasteiger partial charge in [0, 0.05) is 12.4 Å². The number of ether oxygens (including phenoxy) is 2. The molecule has 0 aliphatic heterocycles. The van der Waals surface area contributed by atoms with Crippen molar-refractivity contribution in [3.05, 3.63) is 108 Å². The molecule has 7 nitrogen and oxygen atoms in total. The van der Waals surface area contributed by atoms with E-state index in [1.165, 1.54) is 18.3 Å². The lowest BCUT2D eigenvalue weighted by Gasteiger charge is -2.12. The van der Waals surface area contributed by atoms with Gasteiger partial charge >= 0.3 is 0 Å². The standard InChI is InChI=1S/C27H25N3O4S/c1-2-33-26-18-22(11-16-25(26)34-20-21-8-4-3-5-9-21)19-29-23-12-14-24(15-13-23)35(31,32)30-27-10-6-7-17-28-27/h3-19H,2,20H2,1H3,(H,28,30). The minimum absolute atomic E-state index is 0.126. The Morgan fingerprint density at radius 1 is 0.886 bits per heavy atom. The van der Waals surface area contributed by atoms with Gasteiger partial charge in [0.2, 0.25) is 0 Å². The topological polar surface area (TPSA) is 89.9 Å². The summed E-state index contributed by atoms with van der Waals surface area (Å²) >= 11 is 0. The van der Waals surface area contributed by atoms with Crippen molar-refractivity contribution in [2.45, 2.75) is 18.4 Å². The maximum Gasteiger partial charge on any atom is 0.263 e. The largest absolute Gasteiger partial charge is 0.490 e. The third-order valence-electron chi connectivity index (χ3n) is 4.92. The maximum atomic E-state index is 12.6. The van der Waals surface area contributed by atoms with E-state index in [1.807, 2.05) is 55.5 Å². The summed E-state index contributed by atoms with van der Waals surface area (Å²) < 4.78 is 39.3. The molecule has 0 saturated heterocycles. The molecule has 35 heavy (non-hydrogen) atoms. The molecule has 3 aromatic carbocycles. The predicted octanol–water partition coefficient (Wildman–Crippen LogP) is 5.61. The van der Waals surface area contributed by atoms with E-state index in [9.17, 15) is 8.42 Å². The molecule has 0 aliphatic rings. The zero-order valence-electron chi connectivity index (χ0n) is 19.2. The first kappa shape index (κ1) is 24.0. The normalized spacial score (nSPS) is 11.3. The first-order valence-electron chi connectivity index (χ1n) is 11.0. The van der Waals surface area contributed by atoms with Crippen molar-refractivity contribution in [3.8, 4) is 11.5 Å². The third kappa shape index (κ3) is 6.68. The number of aliphatic imine (C=N–C) groups is 1. The molecule has 4 aromatic rings. The summed E-state index contributed by atoms with van der Waals surface area (Å²) in [6.45, 7) is 2.86. The Hall–Kier alpha value is -4.17. The van der Waals surface area contributed by atoms with E-state index in [0.29, 0.717) is 30.4 Å². The molecule has 0 radical (unpaired) electrons. The summed E-state index contributed by atoms with van der Waals surface area (Å²) in [6, 6.07) is 26.8. The molecule has 8 heteroatoms. The Morgan fingerprint density at radius 3 is 2.37 bits per heavy atom. The highest BCUT2D eigenvalue weighted by Crippen LogP contribution is 2.29. The fourth-order valence-corrected chi connectivity index (χ4v) is 4.22. The van der Waals surface area contributed by atoms with Crippen LogP contribution in [-0.4, -0.2) is 26.2 Å². The molecule has 178 valence electrons. The van der Waals surface area contributed by atoms with Gasteiger partial charge in [-0.2, -0.15) is 0 Å². The van der Waals surface area contributed by atoms with Gasteiger partial charge in [0.15, 0.2) is 11.5 Å². The van der Waals surface area contributed by atoms with Crippen LogP contribution in [0.15, 0.2) is 107 Å². The molecule has 1 heterocycles. The number of nitrogens with zero attached hydrogens (tertiary/aromatic N) is 2. The van der Waals surface area contributed by atoms with Crippen LogP contribution in [0.1, 0.15) is 18.1 Å². The van der Waals surface area contributed by atoms with E-state index >= 15 is 0 Å². The fraction of sp³-hybridized carbons (Fsp3) is 0.111. The summed E-state index contributed by atoms with van der Waals surface area (Å²) in [6.07, 6.45) is 3.22. The van der Waals surface area contributed by atoms with Crippen LogP contribution in [0.25, 0.3) is 0 Å². The summed E-state index contributed by atoms with van der Waals surface area (Å²) in [5, 5.41) is 0. The van der Waals surface area contributed by atoms with Gasteiger partial charge in [0.05, 0.1) is 17.2 Å². The number of hydrogen-bond donors (Lipinski definition) is 1. The quantitative estimate of drug-likeness (QED) is 0.294. The number of sulfonamides is 1. The van der Waals surface area contributed by atoms with Gasteiger partial charge in [-0.15, -0.1) is 0 Å². The van der Waals surface area contributed by atoms with Crippen molar-refractivity contribution < 1.29 is 17.9 Å². The van der Waals surface area contributed by atoms with Crippen molar-refractivity contribution in [1.82, 2.24) is 4.98 Å². The lowest BCUT2D eigenvalue weighted by atomic mass is 10.2. The highest BCUT2D eigenvalue weighted by molar-refractivity contribution is 7.92. The van der Waals surface area contributed by atoms with Crippen LogP contribution in [0.4, 0.5) is 11.5 Å². The van der Waals surface area contributed by atoms with Crippen molar-refractivity contribution in [2.24, 2.45) is 4.99 Å². The molecule has 0 atom stereocenters. The van der Waals surface area contributed by atoms with E-state index in [2.05, 4.69) is 14.7 Å². The van der Waals surface area contributed by atoms with E-state index in [-0.39, 0.29) is 10.7 Å². The minimum atomic E-state index is -3.73. The Balaban J connectivity index is 1.44. The molecule has 0 bridgehead atoms. The van der Waals surface area contributed by atoms with Crippen LogP contribution in [0.5, 0.6) is 11.5 Å². The molecule has 0 spiro atoms. The average molecular weight is 488 g/mol. The van der Waals surface area contributed by atoms with Crippen LogP contribution in [0.3, 0.4) is 0 Å². The molecule has 0 fully saturated rings. The molecule has 1 N–H and O–H groups in total. The predicted molar refractivity (Wildman–Crippen MR) is 137 cm³/mol. The van der Waals surface area contributed by atoms with Crippen molar-refractivity contribution in [2.75, 3.05) is 11.3 Å². The van der Waals surface area contributed by atoms with Crippen LogP contribution in [-0.2, 0) is 16.6 Å². The van der Waals surface area contributed by atoms with E-state index < -0.39 is 10.0 Å². The lowest BCUT2D eigenvalue weighted by Crippen LogP contribution is -2.13. The van der Waals surface area contributed by atoms with Crippen LogP contribution in [0, 0.1) is 0 Å². The SMILES string of the molecule is CCOc1cc(C=Nc2ccc(S(=O)(=O)Nc3ccccn3)cc2)ccc1OCc1ccccc1. The van der Waals surface area contributed by atoms with Gasteiger partial charge in [-0.25, -0.2) is 13.4 Å². The van der Waals surface area contributed by atoms with Gasteiger partial charge in [-0.1, -0.05) is 36.4 Å². The first-order chi connectivity index (χ1) is 17.0. The Morgan fingerprint density at radius 2 is 1.66 bits per heavy atom. The number of rotatable bonds is 10. The van der Waals surface area contributed by atoms with E-state index in [4.69, 9.17) is 9.47 Å². The second-order valence-corrected chi connectivity index (χ2v) is 9.17. The highest BCUT2D eigenvalue weighted by Gasteiger charge is 2.14. The monoisotopic (exact) mass is 487 g/mol. The molecular weight excluding hydrogens is 462 g/mol. The molecule has 0 amide bonds. The Kier molecular flexibility index (Phi) is 7.74. The summed E-state index contributed by atoms with van der Waals surface area (Å²) in [7, 11) is -3.73. The van der Waals surface area contributed by atoms with Gasteiger partial charge in [0.25, 0.3) is 10.0 Å². The summed E-state index contributed by atoms with van der Waals surface area (Å²) in [5.41, 5.74) is 2.51. The summed E-state index contributed by atoms with van der Waals surface area (Å²) in [4.78, 5) is 8.58. The number of pyridine rings is 1. The smallest absolute Gasteiger partial charge is 0.263 e. The molecular formula is C27H25N3O4S. The van der Waals surface area contributed by atoms with Crippen LogP contribution >= 0.6 is 0 Å². The fourth-order valence-electron chi connectivity index (χ4n) is 3.21. The van der Waals surface area contributed by atoms with Crippen LogP contribution in [0.2, 0.25) is 0 Å². The molecule has 0 aliphatic carbocycles. The minimum Gasteiger partial charge on any atom is -0.490 e. The number of aromatic nitrogens is 1. The first-order valence-corrected chi connectivity index (χ1v) is 12.5. The maximum absolute atomic E-state index is 12.6. The molecule has 0 saturated carbocycles. The van der Waals surface area contributed by atoms with E-state index in [0.717, 1.165) is 11.1 Å².